The summed E-state index contributed by atoms with van der Waals surface area (Å²) < 4.78 is 0. The number of nitrogens with one attached hydrogen (secondary N) is 1. The van der Waals surface area contributed by atoms with E-state index in [1.54, 1.807) is 12.3 Å². The van der Waals surface area contributed by atoms with Crippen LogP contribution >= 0.6 is 11.6 Å². The first-order chi connectivity index (χ1) is 9.08. The van der Waals surface area contributed by atoms with E-state index in [-0.39, 0.29) is 6.61 Å². The SMILES string of the molecule is C=CCN(CCO)c1cc(CNC(C)C)c(Cl)cn1. The van der Waals surface area contributed by atoms with Crippen molar-refractivity contribution in [1.82, 2.24) is 10.3 Å². The van der Waals surface area contributed by atoms with Crippen LogP contribution in [0, 0.1) is 0 Å². The predicted octanol–water partition coefficient (Wildman–Crippen LogP) is 2.22. The van der Waals surface area contributed by atoms with Crippen LogP contribution in [-0.4, -0.2) is 35.8 Å². The van der Waals surface area contributed by atoms with E-state index in [9.17, 15) is 0 Å². The van der Waals surface area contributed by atoms with Crippen LogP contribution in [0.15, 0.2) is 24.9 Å². The van der Waals surface area contributed by atoms with Crippen molar-refractivity contribution in [3.05, 3.63) is 35.5 Å². The second kappa shape index (κ2) is 8.15. The van der Waals surface area contributed by atoms with Crippen LogP contribution in [0.25, 0.3) is 0 Å². The fourth-order valence-electron chi connectivity index (χ4n) is 1.67. The summed E-state index contributed by atoms with van der Waals surface area (Å²) in [6.45, 7) is 9.85. The van der Waals surface area contributed by atoms with Gasteiger partial charge in [-0.2, -0.15) is 0 Å². The number of aromatic nitrogens is 1. The molecule has 4 nitrogen and oxygen atoms in total. The summed E-state index contributed by atoms with van der Waals surface area (Å²) in [5.74, 6) is 0.805. The van der Waals surface area contributed by atoms with E-state index in [1.165, 1.54) is 0 Å². The zero-order valence-corrected chi connectivity index (χ0v) is 12.3. The zero-order valence-electron chi connectivity index (χ0n) is 11.6. The van der Waals surface area contributed by atoms with Crippen molar-refractivity contribution in [2.75, 3.05) is 24.6 Å². The third kappa shape index (κ3) is 5.19. The number of anilines is 1. The molecule has 0 spiro atoms. The summed E-state index contributed by atoms with van der Waals surface area (Å²) >= 11 is 6.15. The first kappa shape index (κ1) is 16.0. The van der Waals surface area contributed by atoms with Gasteiger partial charge in [0.25, 0.3) is 0 Å². The number of pyridine rings is 1. The first-order valence-corrected chi connectivity index (χ1v) is 6.80. The van der Waals surface area contributed by atoms with E-state index in [4.69, 9.17) is 16.7 Å². The minimum Gasteiger partial charge on any atom is -0.395 e. The lowest BCUT2D eigenvalue weighted by atomic mass is 10.2. The Morgan fingerprint density at radius 3 is 2.89 bits per heavy atom. The molecule has 5 heteroatoms. The van der Waals surface area contributed by atoms with Gasteiger partial charge in [-0.1, -0.05) is 31.5 Å². The highest BCUT2D eigenvalue weighted by Crippen LogP contribution is 2.20. The van der Waals surface area contributed by atoms with Crippen molar-refractivity contribution in [3.8, 4) is 0 Å². The Bertz CT molecular complexity index is 410. The topological polar surface area (TPSA) is 48.4 Å². The third-order valence-corrected chi connectivity index (χ3v) is 3.00. The fraction of sp³-hybridized carbons (Fsp3) is 0.500. The van der Waals surface area contributed by atoms with Crippen molar-refractivity contribution < 1.29 is 5.11 Å². The third-order valence-electron chi connectivity index (χ3n) is 2.66. The van der Waals surface area contributed by atoms with Crippen LogP contribution in [0.4, 0.5) is 5.82 Å². The fourth-order valence-corrected chi connectivity index (χ4v) is 1.84. The lowest BCUT2D eigenvalue weighted by Crippen LogP contribution is -2.28. The smallest absolute Gasteiger partial charge is 0.129 e. The van der Waals surface area contributed by atoms with Crippen LogP contribution in [0.2, 0.25) is 5.02 Å². The predicted molar refractivity (Wildman–Crippen MR) is 80.7 cm³/mol. The van der Waals surface area contributed by atoms with Gasteiger partial charge in [0.15, 0.2) is 0 Å². The first-order valence-electron chi connectivity index (χ1n) is 6.43. The second-order valence-corrected chi connectivity index (χ2v) is 5.04. The van der Waals surface area contributed by atoms with Gasteiger partial charge in [0.1, 0.15) is 5.82 Å². The molecular formula is C14H22ClN3O. The van der Waals surface area contributed by atoms with Crippen molar-refractivity contribution in [2.24, 2.45) is 0 Å². The Hall–Kier alpha value is -1.10. The average molecular weight is 284 g/mol. The Labute approximate surface area is 120 Å². The van der Waals surface area contributed by atoms with Gasteiger partial charge in [0.2, 0.25) is 0 Å². The number of aliphatic hydroxyl groups excluding tert-OH is 1. The molecule has 0 amide bonds. The van der Waals surface area contributed by atoms with Crippen molar-refractivity contribution in [2.45, 2.75) is 26.4 Å². The Balaban J connectivity index is 2.88. The van der Waals surface area contributed by atoms with Crippen LogP contribution < -0.4 is 10.2 Å². The molecule has 0 unspecified atom stereocenters. The summed E-state index contributed by atoms with van der Waals surface area (Å²) in [7, 11) is 0. The summed E-state index contributed by atoms with van der Waals surface area (Å²) in [6.07, 6.45) is 3.44. The number of hydrogen-bond donors (Lipinski definition) is 2. The lowest BCUT2D eigenvalue weighted by Gasteiger charge is -2.22. The molecule has 2 N–H and O–H groups in total. The Morgan fingerprint density at radius 2 is 2.32 bits per heavy atom. The molecule has 0 bridgehead atoms. The monoisotopic (exact) mass is 283 g/mol. The second-order valence-electron chi connectivity index (χ2n) is 4.63. The van der Waals surface area contributed by atoms with E-state index in [0.29, 0.717) is 30.7 Å². The van der Waals surface area contributed by atoms with Crippen molar-refractivity contribution in [1.29, 1.82) is 0 Å². The number of nitrogens with zero attached hydrogens (tertiary/aromatic N) is 2. The molecule has 1 aromatic rings. The van der Waals surface area contributed by atoms with Gasteiger partial charge in [0, 0.05) is 31.9 Å². The minimum absolute atomic E-state index is 0.0811. The molecule has 0 fully saturated rings. The van der Waals surface area contributed by atoms with Gasteiger partial charge in [0.05, 0.1) is 11.6 Å². The lowest BCUT2D eigenvalue weighted by molar-refractivity contribution is 0.302. The van der Waals surface area contributed by atoms with Gasteiger partial charge < -0.3 is 15.3 Å². The van der Waals surface area contributed by atoms with Gasteiger partial charge in [-0.3, -0.25) is 0 Å². The van der Waals surface area contributed by atoms with Crippen molar-refractivity contribution >= 4 is 17.4 Å². The zero-order chi connectivity index (χ0) is 14.3. The van der Waals surface area contributed by atoms with Crippen LogP contribution in [0.1, 0.15) is 19.4 Å². The molecule has 106 valence electrons. The van der Waals surface area contributed by atoms with E-state index in [2.05, 4.69) is 30.7 Å². The van der Waals surface area contributed by atoms with Gasteiger partial charge in [-0.15, -0.1) is 6.58 Å². The van der Waals surface area contributed by atoms with E-state index < -0.39 is 0 Å². The van der Waals surface area contributed by atoms with Gasteiger partial charge in [-0.25, -0.2) is 4.98 Å². The molecule has 1 heterocycles. The summed E-state index contributed by atoms with van der Waals surface area (Å²) in [4.78, 5) is 6.27. The van der Waals surface area contributed by atoms with E-state index in [0.717, 1.165) is 11.4 Å². The molecule has 19 heavy (non-hydrogen) atoms. The molecule has 0 aliphatic heterocycles. The van der Waals surface area contributed by atoms with Crippen LogP contribution in [0.3, 0.4) is 0 Å². The maximum Gasteiger partial charge on any atom is 0.129 e. The molecule has 1 aromatic heterocycles. The summed E-state index contributed by atoms with van der Waals surface area (Å²) in [5.41, 5.74) is 1.01. The number of hydrogen-bond acceptors (Lipinski definition) is 4. The molecule has 0 aliphatic carbocycles. The van der Waals surface area contributed by atoms with Crippen LogP contribution in [0.5, 0.6) is 0 Å². The minimum atomic E-state index is 0.0811. The largest absolute Gasteiger partial charge is 0.395 e. The maximum atomic E-state index is 9.08. The molecule has 0 aromatic carbocycles. The molecule has 0 saturated carbocycles. The number of rotatable bonds is 8. The normalized spacial score (nSPS) is 10.8. The molecule has 0 aliphatic rings. The van der Waals surface area contributed by atoms with E-state index in [1.807, 2.05) is 11.0 Å². The Kier molecular flexibility index (Phi) is 6.84. The van der Waals surface area contributed by atoms with Crippen molar-refractivity contribution in [3.63, 3.8) is 0 Å². The maximum absolute atomic E-state index is 9.08. The molecule has 0 radical (unpaired) electrons. The summed E-state index contributed by atoms with van der Waals surface area (Å²) in [6, 6.07) is 2.35. The molecule has 0 saturated heterocycles. The van der Waals surface area contributed by atoms with E-state index >= 15 is 0 Å². The molecular weight excluding hydrogens is 262 g/mol. The highest BCUT2D eigenvalue weighted by Gasteiger charge is 2.09. The molecule has 1 rings (SSSR count). The standard InChI is InChI=1S/C14H22ClN3O/c1-4-5-18(6-7-19)14-8-12(9-16-11(2)3)13(15)10-17-14/h4,8,10-11,16,19H,1,5-7,9H2,2-3H3. The van der Waals surface area contributed by atoms with Crippen LogP contribution in [-0.2, 0) is 6.54 Å². The number of halogens is 1. The average Bonchev–Trinajstić information content (AvgIpc) is 2.37. The highest BCUT2D eigenvalue weighted by molar-refractivity contribution is 6.31. The summed E-state index contributed by atoms with van der Waals surface area (Å²) in [5, 5.41) is 13.1. The molecule has 0 atom stereocenters. The number of aliphatic hydroxyl groups is 1. The quantitative estimate of drug-likeness (QED) is 0.718. The van der Waals surface area contributed by atoms with Gasteiger partial charge in [-0.05, 0) is 11.6 Å². The Morgan fingerprint density at radius 1 is 1.58 bits per heavy atom. The van der Waals surface area contributed by atoms with Gasteiger partial charge >= 0.3 is 0 Å². The highest BCUT2D eigenvalue weighted by atomic mass is 35.5.